The Morgan fingerprint density at radius 1 is 1.06 bits per heavy atom. The minimum Gasteiger partial charge on any atom is -0.422 e. The molecule has 3 heterocycles. The molecule has 9 heteroatoms. The van der Waals surface area contributed by atoms with Crippen LogP contribution in [0.15, 0.2) is 42.5 Å². The van der Waals surface area contributed by atoms with Gasteiger partial charge >= 0.3 is 5.97 Å². The van der Waals surface area contributed by atoms with Crippen molar-refractivity contribution in [2.45, 2.75) is 12.3 Å². The summed E-state index contributed by atoms with van der Waals surface area (Å²) in [6.45, 7) is -0.504. The van der Waals surface area contributed by atoms with E-state index >= 15 is 0 Å². The lowest BCUT2D eigenvalue weighted by Gasteiger charge is -2.40. The Kier molecular flexibility index (Phi) is 4.99. The van der Waals surface area contributed by atoms with Gasteiger partial charge in [0.05, 0.1) is 23.6 Å². The maximum atomic E-state index is 14.4. The SMILES string of the molecule is O=C1O/C(=C\c2ccc(F)c(C(=O)N3CC(C(=O)N4CCC(F)(F)C4)C3)c2)c2ccccc21. The highest BCUT2D eigenvalue weighted by molar-refractivity contribution is 6.06. The summed E-state index contributed by atoms with van der Waals surface area (Å²) in [5.41, 5.74) is 1.32. The maximum Gasteiger partial charge on any atom is 0.344 e. The van der Waals surface area contributed by atoms with Crippen molar-refractivity contribution in [2.75, 3.05) is 26.2 Å². The molecule has 2 aromatic rings. The number of fused-ring (bicyclic) bond motifs is 1. The van der Waals surface area contributed by atoms with E-state index in [-0.39, 0.29) is 31.6 Å². The summed E-state index contributed by atoms with van der Waals surface area (Å²) in [6.07, 6.45) is 1.19. The van der Waals surface area contributed by atoms with Gasteiger partial charge in [0.15, 0.2) is 0 Å². The van der Waals surface area contributed by atoms with E-state index in [4.69, 9.17) is 4.74 Å². The third-order valence-corrected chi connectivity index (χ3v) is 6.13. The van der Waals surface area contributed by atoms with Crippen LogP contribution in [0.1, 0.15) is 38.3 Å². The summed E-state index contributed by atoms with van der Waals surface area (Å²) in [6, 6.07) is 10.8. The molecule has 6 nitrogen and oxygen atoms in total. The highest BCUT2D eigenvalue weighted by atomic mass is 19.3. The van der Waals surface area contributed by atoms with Crippen molar-refractivity contribution in [1.82, 2.24) is 9.80 Å². The number of carbonyl (C=O) groups is 3. The van der Waals surface area contributed by atoms with Crippen molar-refractivity contribution in [3.63, 3.8) is 0 Å². The fraction of sp³-hybridized carbons (Fsp3) is 0.292. The van der Waals surface area contributed by atoms with E-state index in [2.05, 4.69) is 0 Å². The van der Waals surface area contributed by atoms with E-state index in [1.807, 2.05) is 0 Å². The van der Waals surface area contributed by atoms with Gasteiger partial charge < -0.3 is 14.5 Å². The van der Waals surface area contributed by atoms with Gasteiger partial charge in [0, 0.05) is 31.6 Å². The van der Waals surface area contributed by atoms with Crippen molar-refractivity contribution in [1.29, 1.82) is 0 Å². The molecule has 0 N–H and O–H groups in total. The molecule has 0 unspecified atom stereocenters. The normalized spacial score (nSPS) is 20.6. The van der Waals surface area contributed by atoms with Crippen molar-refractivity contribution in [2.24, 2.45) is 5.92 Å². The smallest absolute Gasteiger partial charge is 0.344 e. The number of hydrogen-bond donors (Lipinski definition) is 0. The van der Waals surface area contributed by atoms with Gasteiger partial charge in [-0.1, -0.05) is 24.3 Å². The number of hydrogen-bond acceptors (Lipinski definition) is 4. The number of amides is 2. The zero-order chi connectivity index (χ0) is 23.3. The monoisotopic (exact) mass is 456 g/mol. The van der Waals surface area contributed by atoms with E-state index in [0.717, 1.165) is 11.0 Å². The molecule has 0 aromatic heterocycles. The Bertz CT molecular complexity index is 1200. The largest absolute Gasteiger partial charge is 0.422 e. The molecule has 5 rings (SSSR count). The molecule has 2 fully saturated rings. The van der Waals surface area contributed by atoms with Crippen molar-refractivity contribution >= 4 is 29.6 Å². The van der Waals surface area contributed by atoms with Gasteiger partial charge in [0.25, 0.3) is 11.8 Å². The van der Waals surface area contributed by atoms with Crippen LogP contribution in [0.4, 0.5) is 13.2 Å². The summed E-state index contributed by atoms with van der Waals surface area (Å²) < 4.78 is 46.4. The van der Waals surface area contributed by atoms with Gasteiger partial charge in [-0.25, -0.2) is 18.0 Å². The molecule has 170 valence electrons. The molecule has 0 bridgehead atoms. The van der Waals surface area contributed by atoms with Crippen molar-refractivity contribution in [3.05, 3.63) is 70.5 Å². The Morgan fingerprint density at radius 3 is 2.48 bits per heavy atom. The second kappa shape index (κ2) is 7.75. The minimum atomic E-state index is -2.87. The first-order valence-electron chi connectivity index (χ1n) is 10.5. The number of alkyl halides is 2. The third-order valence-electron chi connectivity index (χ3n) is 6.13. The summed E-state index contributed by atoms with van der Waals surface area (Å²) in [7, 11) is 0. The topological polar surface area (TPSA) is 66.9 Å². The molecule has 0 aliphatic carbocycles. The van der Waals surface area contributed by atoms with Gasteiger partial charge in [-0.05, 0) is 29.8 Å². The van der Waals surface area contributed by atoms with Crippen molar-refractivity contribution < 1.29 is 32.3 Å². The predicted octanol–water partition coefficient (Wildman–Crippen LogP) is 3.43. The van der Waals surface area contributed by atoms with Gasteiger partial charge in [0.1, 0.15) is 11.6 Å². The summed E-state index contributed by atoms with van der Waals surface area (Å²) in [5.74, 6) is -5.34. The maximum absolute atomic E-state index is 14.4. The van der Waals surface area contributed by atoms with E-state index < -0.39 is 42.0 Å². The van der Waals surface area contributed by atoms with Gasteiger partial charge in [0.2, 0.25) is 5.91 Å². The highest BCUT2D eigenvalue weighted by Gasteiger charge is 2.45. The van der Waals surface area contributed by atoms with Gasteiger partial charge in [-0.15, -0.1) is 0 Å². The average molecular weight is 456 g/mol. The molecule has 0 saturated carbocycles. The lowest BCUT2D eigenvalue weighted by molar-refractivity contribution is -0.140. The molecule has 0 radical (unpaired) electrons. The summed E-state index contributed by atoms with van der Waals surface area (Å²) >= 11 is 0. The lowest BCUT2D eigenvalue weighted by atomic mass is 9.96. The fourth-order valence-corrected chi connectivity index (χ4v) is 4.29. The number of nitrogens with zero attached hydrogens (tertiary/aromatic N) is 2. The number of ether oxygens (including phenoxy) is 1. The number of rotatable bonds is 3. The molecular weight excluding hydrogens is 437 g/mol. The van der Waals surface area contributed by atoms with Crippen LogP contribution in [0.2, 0.25) is 0 Å². The molecule has 33 heavy (non-hydrogen) atoms. The first-order chi connectivity index (χ1) is 15.7. The number of benzene rings is 2. The summed E-state index contributed by atoms with van der Waals surface area (Å²) in [4.78, 5) is 39.6. The molecular formula is C24H19F3N2O4. The van der Waals surface area contributed by atoms with E-state index in [1.165, 1.54) is 17.0 Å². The Balaban J connectivity index is 1.29. The van der Waals surface area contributed by atoms with Gasteiger partial charge in [-0.3, -0.25) is 9.59 Å². The zero-order valence-electron chi connectivity index (χ0n) is 17.4. The highest BCUT2D eigenvalue weighted by Crippen LogP contribution is 2.32. The molecule has 3 aliphatic heterocycles. The van der Waals surface area contributed by atoms with E-state index in [0.29, 0.717) is 22.4 Å². The minimum absolute atomic E-state index is 0.00464. The molecule has 2 aromatic carbocycles. The third kappa shape index (κ3) is 3.88. The molecule has 3 aliphatic rings. The second-order valence-corrected chi connectivity index (χ2v) is 8.46. The average Bonchev–Trinajstić information content (AvgIpc) is 3.27. The van der Waals surface area contributed by atoms with E-state index in [9.17, 15) is 27.6 Å². The van der Waals surface area contributed by atoms with Crippen LogP contribution in [0.25, 0.3) is 11.8 Å². The Hall–Kier alpha value is -3.62. The Labute approximate surface area is 187 Å². The first-order valence-corrected chi connectivity index (χ1v) is 10.5. The number of halogens is 3. The zero-order valence-corrected chi connectivity index (χ0v) is 17.4. The molecule has 2 saturated heterocycles. The van der Waals surface area contributed by atoms with Crippen LogP contribution in [0.5, 0.6) is 0 Å². The predicted molar refractivity (Wildman–Crippen MR) is 112 cm³/mol. The number of likely N-dealkylation sites (tertiary alicyclic amines) is 2. The van der Waals surface area contributed by atoms with Crippen LogP contribution >= 0.6 is 0 Å². The number of esters is 1. The quantitative estimate of drug-likeness (QED) is 0.664. The Morgan fingerprint density at radius 2 is 1.79 bits per heavy atom. The van der Waals surface area contributed by atoms with Crippen LogP contribution in [-0.2, 0) is 9.53 Å². The van der Waals surface area contributed by atoms with Crippen molar-refractivity contribution in [3.8, 4) is 0 Å². The van der Waals surface area contributed by atoms with Crippen LogP contribution < -0.4 is 0 Å². The number of carbonyl (C=O) groups excluding carboxylic acids is 3. The van der Waals surface area contributed by atoms with Crippen LogP contribution in [0.3, 0.4) is 0 Å². The molecule has 2 amide bonds. The van der Waals surface area contributed by atoms with Gasteiger partial charge in [-0.2, -0.15) is 0 Å². The number of cyclic esters (lactones) is 1. The van der Waals surface area contributed by atoms with Crippen LogP contribution in [-0.4, -0.2) is 59.7 Å². The fourth-order valence-electron chi connectivity index (χ4n) is 4.29. The molecule has 0 atom stereocenters. The standard InChI is InChI=1S/C24H19F3N2O4/c25-19-6-5-14(10-20-16-3-1-2-4-17(16)23(32)33-20)9-18(19)22(31)29-11-15(12-29)21(30)28-8-7-24(26,27)13-28/h1-6,9-10,15H,7-8,11-13H2/b20-10-. The lowest BCUT2D eigenvalue weighted by Crippen LogP contribution is -2.56. The second-order valence-electron chi connectivity index (χ2n) is 8.46. The summed E-state index contributed by atoms with van der Waals surface area (Å²) in [5, 5.41) is 0. The molecule has 0 spiro atoms. The van der Waals surface area contributed by atoms with E-state index in [1.54, 1.807) is 30.3 Å². The van der Waals surface area contributed by atoms with Crippen LogP contribution in [0, 0.1) is 11.7 Å². The first kappa shape index (κ1) is 21.2.